The predicted molar refractivity (Wildman–Crippen MR) is 111 cm³/mol. The van der Waals surface area contributed by atoms with Crippen LogP contribution in [0, 0.1) is 0 Å². The molecule has 1 aliphatic rings. The van der Waals surface area contributed by atoms with Gasteiger partial charge in [0.15, 0.2) is 5.96 Å². The second-order valence-corrected chi connectivity index (χ2v) is 6.82. The Hall–Kier alpha value is -2.12. The van der Waals surface area contributed by atoms with Crippen molar-refractivity contribution >= 4 is 11.9 Å². The summed E-state index contributed by atoms with van der Waals surface area (Å²) in [6, 6.07) is 8.39. The highest BCUT2D eigenvalue weighted by Crippen LogP contribution is 2.19. The highest BCUT2D eigenvalue weighted by atomic mass is 16.5. The largest absolute Gasteiger partial charge is 0.382 e. The Kier molecular flexibility index (Phi) is 10.4. The van der Waals surface area contributed by atoms with Crippen molar-refractivity contribution in [1.29, 1.82) is 0 Å². The number of methoxy groups -OCH3 is 1. The molecule has 7 heteroatoms. The van der Waals surface area contributed by atoms with Gasteiger partial charge in [0.1, 0.15) is 0 Å². The molecule has 28 heavy (non-hydrogen) atoms. The van der Waals surface area contributed by atoms with Gasteiger partial charge in [-0.2, -0.15) is 0 Å². The lowest BCUT2D eigenvalue weighted by Gasteiger charge is -2.29. The lowest BCUT2D eigenvalue weighted by atomic mass is 9.99. The molecule has 0 saturated heterocycles. The van der Waals surface area contributed by atoms with Crippen molar-refractivity contribution in [2.45, 2.75) is 32.2 Å². The normalized spacial score (nSPS) is 13.9. The lowest BCUT2D eigenvalue weighted by Crippen LogP contribution is -2.39. The number of nitrogens with zero attached hydrogens (tertiary/aromatic N) is 2. The summed E-state index contributed by atoms with van der Waals surface area (Å²) in [5.41, 5.74) is 2.64. The number of rotatable bonds is 11. The molecule has 1 aromatic rings. The molecule has 0 fully saturated rings. The number of hydrogen-bond donors (Lipinski definition) is 2. The van der Waals surface area contributed by atoms with Crippen LogP contribution in [-0.2, 0) is 27.2 Å². The van der Waals surface area contributed by atoms with Gasteiger partial charge >= 0.3 is 0 Å². The minimum Gasteiger partial charge on any atom is -0.382 e. The Morgan fingerprint density at radius 2 is 1.86 bits per heavy atom. The Morgan fingerprint density at radius 3 is 2.61 bits per heavy atom. The molecule has 1 aromatic carbocycles. The van der Waals surface area contributed by atoms with E-state index < -0.39 is 0 Å². The fourth-order valence-electron chi connectivity index (χ4n) is 3.16. The molecule has 0 bridgehead atoms. The molecular formula is C21H34N4O3. The van der Waals surface area contributed by atoms with Gasteiger partial charge in [-0.25, -0.2) is 0 Å². The van der Waals surface area contributed by atoms with Gasteiger partial charge in [0.2, 0.25) is 5.91 Å². The molecular weight excluding hydrogens is 356 g/mol. The monoisotopic (exact) mass is 390 g/mol. The molecule has 0 atom stereocenters. The van der Waals surface area contributed by atoms with E-state index in [1.54, 1.807) is 14.2 Å². The fraction of sp³-hybridized carbons (Fsp3) is 0.619. The summed E-state index contributed by atoms with van der Waals surface area (Å²) in [6.45, 7) is 5.01. The maximum Gasteiger partial charge on any atom is 0.222 e. The van der Waals surface area contributed by atoms with E-state index >= 15 is 0 Å². The van der Waals surface area contributed by atoms with Gasteiger partial charge in [-0.3, -0.25) is 9.79 Å². The van der Waals surface area contributed by atoms with Gasteiger partial charge in [-0.1, -0.05) is 24.3 Å². The minimum absolute atomic E-state index is 0.229. The quantitative estimate of drug-likeness (QED) is 0.341. The van der Waals surface area contributed by atoms with Gasteiger partial charge < -0.3 is 25.0 Å². The molecule has 1 amide bonds. The standard InChI is InChI=1S/C21H34N4O3/c1-22-21(24-12-6-14-28-16-15-27-2)23-11-5-9-20(26)25-13-10-18-7-3-4-8-19(18)17-25/h3-4,7-8H,5-6,9-17H2,1-2H3,(H2,22,23,24). The molecule has 0 spiro atoms. The van der Waals surface area contributed by atoms with E-state index in [0.29, 0.717) is 26.2 Å². The van der Waals surface area contributed by atoms with Crippen molar-refractivity contribution < 1.29 is 14.3 Å². The SMILES string of the molecule is CN=C(NCCCOCCOC)NCCCC(=O)N1CCc2ccccc2C1. The Balaban J connectivity index is 1.55. The van der Waals surface area contributed by atoms with Crippen LogP contribution in [0.4, 0.5) is 0 Å². The fourth-order valence-corrected chi connectivity index (χ4v) is 3.16. The van der Waals surface area contributed by atoms with Crippen molar-refractivity contribution in [3.05, 3.63) is 35.4 Å². The highest BCUT2D eigenvalue weighted by Gasteiger charge is 2.19. The van der Waals surface area contributed by atoms with Crippen LogP contribution in [0.2, 0.25) is 0 Å². The topological polar surface area (TPSA) is 75.2 Å². The van der Waals surface area contributed by atoms with E-state index in [0.717, 1.165) is 51.4 Å². The van der Waals surface area contributed by atoms with E-state index in [1.165, 1.54) is 11.1 Å². The van der Waals surface area contributed by atoms with Gasteiger partial charge in [0.25, 0.3) is 0 Å². The first kappa shape index (κ1) is 22.2. The van der Waals surface area contributed by atoms with E-state index in [2.05, 4.69) is 33.8 Å². The van der Waals surface area contributed by atoms with Crippen LogP contribution in [0.25, 0.3) is 0 Å². The van der Waals surface area contributed by atoms with E-state index in [1.807, 2.05) is 11.0 Å². The molecule has 0 unspecified atom stereocenters. The second-order valence-electron chi connectivity index (χ2n) is 6.82. The van der Waals surface area contributed by atoms with E-state index in [9.17, 15) is 4.79 Å². The average molecular weight is 391 g/mol. The Morgan fingerprint density at radius 1 is 1.11 bits per heavy atom. The Bertz CT molecular complexity index is 621. The first-order valence-electron chi connectivity index (χ1n) is 10.1. The van der Waals surface area contributed by atoms with Crippen LogP contribution in [0.3, 0.4) is 0 Å². The number of benzene rings is 1. The molecule has 0 saturated carbocycles. The van der Waals surface area contributed by atoms with Crippen molar-refractivity contribution in [3.8, 4) is 0 Å². The number of carbonyl (C=O) groups is 1. The third-order valence-electron chi connectivity index (χ3n) is 4.76. The van der Waals surface area contributed by atoms with Crippen LogP contribution in [0.5, 0.6) is 0 Å². The molecule has 156 valence electrons. The third-order valence-corrected chi connectivity index (χ3v) is 4.76. The van der Waals surface area contributed by atoms with Gasteiger partial charge in [0, 0.05) is 53.4 Å². The van der Waals surface area contributed by atoms with Crippen molar-refractivity contribution in [2.24, 2.45) is 4.99 Å². The molecule has 1 aliphatic heterocycles. The lowest BCUT2D eigenvalue weighted by molar-refractivity contribution is -0.132. The molecule has 2 N–H and O–H groups in total. The van der Waals surface area contributed by atoms with Crippen LogP contribution < -0.4 is 10.6 Å². The summed E-state index contributed by atoms with van der Waals surface area (Å²) < 4.78 is 10.4. The van der Waals surface area contributed by atoms with E-state index in [-0.39, 0.29) is 5.91 Å². The van der Waals surface area contributed by atoms with Crippen molar-refractivity contribution in [3.63, 3.8) is 0 Å². The minimum atomic E-state index is 0.229. The number of carbonyl (C=O) groups excluding carboxylic acids is 1. The molecule has 0 aliphatic carbocycles. The summed E-state index contributed by atoms with van der Waals surface area (Å²) in [5.74, 6) is 0.990. The van der Waals surface area contributed by atoms with E-state index in [4.69, 9.17) is 9.47 Å². The second kappa shape index (κ2) is 13.1. The Labute approximate surface area is 168 Å². The first-order valence-corrected chi connectivity index (χ1v) is 10.1. The molecule has 0 radical (unpaired) electrons. The van der Waals surface area contributed by atoms with Crippen LogP contribution in [0.15, 0.2) is 29.3 Å². The zero-order chi connectivity index (χ0) is 20.0. The number of fused-ring (bicyclic) bond motifs is 1. The zero-order valence-corrected chi connectivity index (χ0v) is 17.2. The zero-order valence-electron chi connectivity index (χ0n) is 17.2. The predicted octanol–water partition coefficient (Wildman–Crippen LogP) is 1.57. The van der Waals surface area contributed by atoms with Crippen LogP contribution in [0.1, 0.15) is 30.4 Å². The smallest absolute Gasteiger partial charge is 0.222 e. The number of ether oxygens (including phenoxy) is 2. The molecule has 2 rings (SSSR count). The van der Waals surface area contributed by atoms with Crippen LogP contribution >= 0.6 is 0 Å². The number of guanidine groups is 1. The van der Waals surface area contributed by atoms with Gasteiger partial charge in [0.05, 0.1) is 13.2 Å². The molecule has 1 heterocycles. The molecule has 0 aromatic heterocycles. The maximum absolute atomic E-state index is 12.5. The highest BCUT2D eigenvalue weighted by molar-refractivity contribution is 5.80. The maximum atomic E-state index is 12.5. The average Bonchev–Trinajstić information content (AvgIpc) is 2.74. The number of aliphatic imine (C=N–C) groups is 1. The molecule has 7 nitrogen and oxygen atoms in total. The number of nitrogens with one attached hydrogen (secondary N) is 2. The van der Waals surface area contributed by atoms with Crippen molar-refractivity contribution in [1.82, 2.24) is 15.5 Å². The summed E-state index contributed by atoms with van der Waals surface area (Å²) >= 11 is 0. The van der Waals surface area contributed by atoms with Gasteiger partial charge in [-0.15, -0.1) is 0 Å². The van der Waals surface area contributed by atoms with Crippen LogP contribution in [-0.4, -0.2) is 70.4 Å². The third kappa shape index (κ3) is 7.86. The number of hydrogen-bond acceptors (Lipinski definition) is 4. The summed E-state index contributed by atoms with van der Waals surface area (Å²) in [6.07, 6.45) is 3.20. The van der Waals surface area contributed by atoms with Crippen molar-refractivity contribution in [2.75, 3.05) is 53.6 Å². The summed E-state index contributed by atoms with van der Waals surface area (Å²) in [7, 11) is 3.42. The van der Waals surface area contributed by atoms with Gasteiger partial charge in [-0.05, 0) is 30.4 Å². The summed E-state index contributed by atoms with van der Waals surface area (Å²) in [4.78, 5) is 18.6. The first-order chi connectivity index (χ1) is 13.7. The number of amides is 1. The summed E-state index contributed by atoms with van der Waals surface area (Å²) in [5, 5.41) is 6.52.